The number of carbonyl (C=O) groups excluding carboxylic acids is 1. The largest absolute Gasteiger partial charge is 0.336 e. The van der Waals surface area contributed by atoms with E-state index in [1.165, 1.54) is 18.6 Å². The fourth-order valence-electron chi connectivity index (χ4n) is 2.55. The molecule has 1 amide bonds. The van der Waals surface area contributed by atoms with Crippen molar-refractivity contribution in [1.82, 2.24) is 4.90 Å². The summed E-state index contributed by atoms with van der Waals surface area (Å²) in [6.07, 6.45) is 7.77. The highest BCUT2D eigenvalue weighted by atomic mass is 19.1. The van der Waals surface area contributed by atoms with Crippen LogP contribution in [0, 0.1) is 5.82 Å². The van der Waals surface area contributed by atoms with Crippen LogP contribution < -0.4 is 0 Å². The van der Waals surface area contributed by atoms with E-state index >= 15 is 0 Å². The molecule has 0 bridgehead atoms. The monoisotopic (exact) mass is 261 g/mol. The Morgan fingerprint density at radius 2 is 2.11 bits per heavy atom. The van der Waals surface area contributed by atoms with Crippen molar-refractivity contribution in [1.29, 1.82) is 0 Å². The number of likely N-dealkylation sites (tertiary alicyclic amines) is 1. The normalized spacial score (nSPS) is 19.9. The van der Waals surface area contributed by atoms with Crippen molar-refractivity contribution in [3.05, 3.63) is 41.7 Å². The summed E-state index contributed by atoms with van der Waals surface area (Å²) in [5, 5.41) is 0. The third kappa shape index (κ3) is 3.66. The molecule has 3 heteroatoms. The van der Waals surface area contributed by atoms with Crippen LogP contribution in [0.5, 0.6) is 0 Å². The van der Waals surface area contributed by atoms with Gasteiger partial charge in [-0.25, -0.2) is 4.39 Å². The fourth-order valence-corrected chi connectivity index (χ4v) is 2.55. The summed E-state index contributed by atoms with van der Waals surface area (Å²) in [6.45, 7) is 2.98. The first kappa shape index (κ1) is 13.8. The Labute approximate surface area is 113 Å². The molecule has 0 saturated carbocycles. The van der Waals surface area contributed by atoms with E-state index in [9.17, 15) is 9.18 Å². The molecule has 1 atom stereocenters. The highest BCUT2D eigenvalue weighted by Gasteiger charge is 2.23. The van der Waals surface area contributed by atoms with E-state index in [4.69, 9.17) is 0 Å². The zero-order valence-electron chi connectivity index (χ0n) is 11.3. The molecule has 0 aromatic heterocycles. The Morgan fingerprint density at radius 1 is 1.37 bits per heavy atom. The topological polar surface area (TPSA) is 20.3 Å². The van der Waals surface area contributed by atoms with Crippen LogP contribution in [-0.4, -0.2) is 23.4 Å². The number of nitrogens with zero attached hydrogens (tertiary/aromatic N) is 1. The van der Waals surface area contributed by atoms with Crippen LogP contribution in [0.25, 0.3) is 6.08 Å². The Morgan fingerprint density at radius 3 is 2.79 bits per heavy atom. The van der Waals surface area contributed by atoms with Gasteiger partial charge in [0, 0.05) is 18.7 Å². The Balaban J connectivity index is 2.01. The van der Waals surface area contributed by atoms with Crippen LogP contribution in [0.4, 0.5) is 4.39 Å². The molecule has 1 fully saturated rings. The summed E-state index contributed by atoms with van der Waals surface area (Å²) in [4.78, 5) is 14.1. The van der Waals surface area contributed by atoms with Crippen LogP contribution in [0.15, 0.2) is 30.3 Å². The first-order chi connectivity index (χ1) is 9.20. The lowest BCUT2D eigenvalue weighted by molar-refractivity contribution is -0.129. The average Bonchev–Trinajstić information content (AvgIpc) is 2.46. The fraction of sp³-hybridized carbons (Fsp3) is 0.438. The van der Waals surface area contributed by atoms with Crippen LogP contribution in [-0.2, 0) is 4.79 Å². The van der Waals surface area contributed by atoms with E-state index in [1.54, 1.807) is 24.3 Å². The summed E-state index contributed by atoms with van der Waals surface area (Å²) in [7, 11) is 0. The standard InChI is InChI=1S/C16H20FNO/c1-2-15-5-3-4-12-18(15)16(19)11-8-13-6-9-14(17)10-7-13/h6-11,15H,2-5,12H2,1H3/b11-8+. The van der Waals surface area contributed by atoms with Gasteiger partial charge in [-0.3, -0.25) is 4.79 Å². The lowest BCUT2D eigenvalue weighted by Crippen LogP contribution is -2.42. The first-order valence-electron chi connectivity index (χ1n) is 6.95. The third-order valence-electron chi connectivity index (χ3n) is 3.67. The Hall–Kier alpha value is -1.64. The second-order valence-corrected chi connectivity index (χ2v) is 4.97. The smallest absolute Gasteiger partial charge is 0.246 e. The van der Waals surface area contributed by atoms with Gasteiger partial charge in [-0.15, -0.1) is 0 Å². The van der Waals surface area contributed by atoms with Crippen molar-refractivity contribution in [2.75, 3.05) is 6.54 Å². The molecule has 2 rings (SSSR count). The third-order valence-corrected chi connectivity index (χ3v) is 3.67. The number of rotatable bonds is 3. The van der Waals surface area contributed by atoms with Gasteiger partial charge in [0.25, 0.3) is 0 Å². The summed E-state index contributed by atoms with van der Waals surface area (Å²) in [5.41, 5.74) is 0.847. The van der Waals surface area contributed by atoms with Gasteiger partial charge in [-0.05, 0) is 49.5 Å². The van der Waals surface area contributed by atoms with Crippen molar-refractivity contribution in [2.24, 2.45) is 0 Å². The number of benzene rings is 1. The van der Waals surface area contributed by atoms with Gasteiger partial charge in [0.1, 0.15) is 5.82 Å². The van der Waals surface area contributed by atoms with E-state index in [2.05, 4.69) is 6.92 Å². The molecule has 2 nitrogen and oxygen atoms in total. The van der Waals surface area contributed by atoms with Gasteiger partial charge in [-0.2, -0.15) is 0 Å². The number of carbonyl (C=O) groups is 1. The zero-order chi connectivity index (χ0) is 13.7. The van der Waals surface area contributed by atoms with Crippen molar-refractivity contribution in [2.45, 2.75) is 38.6 Å². The maximum atomic E-state index is 12.8. The van der Waals surface area contributed by atoms with Crippen molar-refractivity contribution >= 4 is 12.0 Å². The van der Waals surface area contributed by atoms with Gasteiger partial charge in [0.15, 0.2) is 0 Å². The van der Waals surface area contributed by atoms with Crippen LogP contribution >= 0.6 is 0 Å². The SMILES string of the molecule is CCC1CCCCN1C(=O)/C=C/c1ccc(F)cc1. The molecular weight excluding hydrogens is 241 g/mol. The minimum Gasteiger partial charge on any atom is -0.336 e. The molecule has 102 valence electrons. The van der Waals surface area contributed by atoms with E-state index in [0.29, 0.717) is 6.04 Å². The zero-order valence-corrected chi connectivity index (χ0v) is 11.3. The number of hydrogen-bond acceptors (Lipinski definition) is 1. The van der Waals surface area contributed by atoms with Gasteiger partial charge in [-0.1, -0.05) is 19.1 Å². The maximum Gasteiger partial charge on any atom is 0.246 e. The molecule has 1 aromatic carbocycles. The van der Waals surface area contributed by atoms with Gasteiger partial charge < -0.3 is 4.90 Å². The minimum absolute atomic E-state index is 0.0656. The number of hydrogen-bond donors (Lipinski definition) is 0. The number of amides is 1. The minimum atomic E-state index is -0.259. The van der Waals surface area contributed by atoms with E-state index < -0.39 is 0 Å². The second kappa shape index (κ2) is 6.50. The summed E-state index contributed by atoms with van der Waals surface area (Å²) < 4.78 is 12.8. The summed E-state index contributed by atoms with van der Waals surface area (Å²) in [5.74, 6) is -0.193. The van der Waals surface area contributed by atoms with Gasteiger partial charge in [0.05, 0.1) is 0 Å². The van der Waals surface area contributed by atoms with Gasteiger partial charge >= 0.3 is 0 Å². The highest BCUT2D eigenvalue weighted by Crippen LogP contribution is 2.20. The van der Waals surface area contributed by atoms with Crippen LogP contribution in [0.3, 0.4) is 0 Å². The average molecular weight is 261 g/mol. The maximum absolute atomic E-state index is 12.8. The number of halogens is 1. The lowest BCUT2D eigenvalue weighted by Gasteiger charge is -2.34. The molecule has 1 aromatic rings. The van der Waals surface area contributed by atoms with Crippen molar-refractivity contribution in [3.63, 3.8) is 0 Å². The second-order valence-electron chi connectivity index (χ2n) is 4.97. The molecular formula is C16H20FNO. The van der Waals surface area contributed by atoms with E-state index in [0.717, 1.165) is 31.4 Å². The highest BCUT2D eigenvalue weighted by molar-refractivity contribution is 5.92. The molecule has 0 N–H and O–H groups in total. The van der Waals surface area contributed by atoms with Crippen molar-refractivity contribution in [3.8, 4) is 0 Å². The molecule has 0 aliphatic carbocycles. The predicted octanol–water partition coefficient (Wildman–Crippen LogP) is 3.63. The lowest BCUT2D eigenvalue weighted by atomic mass is 10.00. The first-order valence-corrected chi connectivity index (χ1v) is 6.95. The molecule has 1 saturated heterocycles. The number of piperidine rings is 1. The molecule has 1 unspecified atom stereocenters. The van der Waals surface area contributed by atoms with Crippen LogP contribution in [0.2, 0.25) is 0 Å². The Bertz CT molecular complexity index is 452. The molecule has 1 heterocycles. The molecule has 1 aliphatic heterocycles. The predicted molar refractivity (Wildman–Crippen MR) is 75.1 cm³/mol. The summed E-state index contributed by atoms with van der Waals surface area (Å²) >= 11 is 0. The van der Waals surface area contributed by atoms with Gasteiger partial charge in [0.2, 0.25) is 5.91 Å². The van der Waals surface area contributed by atoms with E-state index in [1.807, 2.05) is 4.90 Å². The summed E-state index contributed by atoms with van der Waals surface area (Å²) in [6, 6.07) is 6.53. The van der Waals surface area contributed by atoms with Crippen LogP contribution in [0.1, 0.15) is 38.2 Å². The molecule has 1 aliphatic rings. The molecule has 0 radical (unpaired) electrons. The van der Waals surface area contributed by atoms with E-state index in [-0.39, 0.29) is 11.7 Å². The Kier molecular flexibility index (Phi) is 4.72. The molecule has 19 heavy (non-hydrogen) atoms. The van der Waals surface area contributed by atoms with Crippen molar-refractivity contribution < 1.29 is 9.18 Å². The molecule has 0 spiro atoms. The quantitative estimate of drug-likeness (QED) is 0.761.